The summed E-state index contributed by atoms with van der Waals surface area (Å²) in [7, 11) is 0. The fraction of sp³-hybridized carbons (Fsp3) is 0.167. The third-order valence-corrected chi connectivity index (χ3v) is 2.13. The van der Waals surface area contributed by atoms with Crippen molar-refractivity contribution in [1.82, 2.24) is 9.97 Å². The normalized spacial score (nSPS) is 10.1. The SMILES string of the molecule is Cc1cc(-c2ccnc(C)c2)ccn1. The first-order valence-electron chi connectivity index (χ1n) is 4.61. The molecular weight excluding hydrogens is 172 g/mol. The summed E-state index contributed by atoms with van der Waals surface area (Å²) >= 11 is 0. The van der Waals surface area contributed by atoms with Crippen molar-refractivity contribution < 1.29 is 0 Å². The van der Waals surface area contributed by atoms with E-state index in [0.717, 1.165) is 11.4 Å². The minimum absolute atomic E-state index is 1.04. The van der Waals surface area contributed by atoms with E-state index in [1.807, 2.05) is 38.4 Å². The summed E-state index contributed by atoms with van der Waals surface area (Å²) in [5.74, 6) is 0. The van der Waals surface area contributed by atoms with E-state index in [2.05, 4.69) is 22.1 Å². The highest BCUT2D eigenvalue weighted by Crippen LogP contribution is 2.18. The van der Waals surface area contributed by atoms with Gasteiger partial charge in [0.1, 0.15) is 0 Å². The molecule has 0 unspecified atom stereocenters. The number of aryl methyl sites for hydroxylation is 2. The number of aromatic nitrogens is 2. The molecule has 2 rings (SSSR count). The molecule has 0 spiro atoms. The van der Waals surface area contributed by atoms with Crippen LogP contribution in [-0.2, 0) is 0 Å². The van der Waals surface area contributed by atoms with E-state index >= 15 is 0 Å². The highest BCUT2D eigenvalue weighted by atomic mass is 14.7. The Bertz CT molecular complexity index is 406. The predicted molar refractivity (Wildman–Crippen MR) is 56.9 cm³/mol. The number of hydrogen-bond acceptors (Lipinski definition) is 2. The van der Waals surface area contributed by atoms with Gasteiger partial charge in [0.25, 0.3) is 0 Å². The van der Waals surface area contributed by atoms with Crippen molar-refractivity contribution in [1.29, 1.82) is 0 Å². The Kier molecular flexibility index (Phi) is 2.27. The molecule has 2 heteroatoms. The van der Waals surface area contributed by atoms with Gasteiger partial charge in [-0.3, -0.25) is 9.97 Å². The highest BCUT2D eigenvalue weighted by Gasteiger charge is 1.98. The minimum atomic E-state index is 1.04. The Labute approximate surface area is 83.7 Å². The summed E-state index contributed by atoms with van der Waals surface area (Å²) in [6, 6.07) is 8.19. The zero-order valence-corrected chi connectivity index (χ0v) is 8.36. The third-order valence-electron chi connectivity index (χ3n) is 2.13. The molecule has 0 aromatic carbocycles. The van der Waals surface area contributed by atoms with Gasteiger partial charge < -0.3 is 0 Å². The van der Waals surface area contributed by atoms with Crippen LogP contribution in [0.4, 0.5) is 0 Å². The molecule has 14 heavy (non-hydrogen) atoms. The maximum absolute atomic E-state index is 4.17. The van der Waals surface area contributed by atoms with Gasteiger partial charge in [-0.1, -0.05) is 0 Å². The Morgan fingerprint density at radius 3 is 1.57 bits per heavy atom. The van der Waals surface area contributed by atoms with E-state index in [-0.39, 0.29) is 0 Å². The largest absolute Gasteiger partial charge is 0.262 e. The summed E-state index contributed by atoms with van der Waals surface area (Å²) in [5, 5.41) is 0. The van der Waals surface area contributed by atoms with Gasteiger partial charge >= 0.3 is 0 Å². The van der Waals surface area contributed by atoms with Crippen molar-refractivity contribution >= 4 is 0 Å². The monoisotopic (exact) mass is 184 g/mol. The van der Waals surface area contributed by atoms with E-state index < -0.39 is 0 Å². The van der Waals surface area contributed by atoms with Gasteiger partial charge in [0.05, 0.1) is 0 Å². The molecule has 0 aliphatic heterocycles. The second-order valence-electron chi connectivity index (χ2n) is 3.37. The summed E-state index contributed by atoms with van der Waals surface area (Å²) in [4.78, 5) is 8.34. The maximum Gasteiger partial charge on any atom is 0.0378 e. The molecule has 0 aliphatic rings. The van der Waals surface area contributed by atoms with Gasteiger partial charge in [-0.15, -0.1) is 0 Å². The van der Waals surface area contributed by atoms with Crippen molar-refractivity contribution in [3.8, 4) is 11.1 Å². The maximum atomic E-state index is 4.17. The average Bonchev–Trinajstić information content (AvgIpc) is 2.18. The van der Waals surface area contributed by atoms with Gasteiger partial charge in [-0.2, -0.15) is 0 Å². The van der Waals surface area contributed by atoms with Crippen LogP contribution in [0, 0.1) is 13.8 Å². The first-order valence-corrected chi connectivity index (χ1v) is 4.61. The Hall–Kier alpha value is -1.70. The highest BCUT2D eigenvalue weighted by molar-refractivity contribution is 5.63. The molecule has 0 saturated carbocycles. The summed E-state index contributed by atoms with van der Waals surface area (Å²) in [6.07, 6.45) is 3.67. The lowest BCUT2D eigenvalue weighted by atomic mass is 10.1. The van der Waals surface area contributed by atoms with E-state index in [1.54, 1.807) is 0 Å². The second-order valence-corrected chi connectivity index (χ2v) is 3.37. The van der Waals surface area contributed by atoms with E-state index in [1.165, 1.54) is 11.1 Å². The Balaban J connectivity index is 2.49. The standard InChI is InChI=1S/C12H12N2/c1-9-7-11(3-5-13-9)12-4-6-14-10(2)8-12/h3-8H,1-2H3. The van der Waals surface area contributed by atoms with Gasteiger partial charge in [-0.05, 0) is 49.2 Å². The average molecular weight is 184 g/mol. The molecule has 0 N–H and O–H groups in total. The first kappa shape index (κ1) is 8.88. The van der Waals surface area contributed by atoms with Gasteiger partial charge in [0.15, 0.2) is 0 Å². The zero-order chi connectivity index (χ0) is 9.97. The molecule has 70 valence electrons. The van der Waals surface area contributed by atoms with Crippen molar-refractivity contribution in [2.75, 3.05) is 0 Å². The quantitative estimate of drug-likeness (QED) is 0.681. The summed E-state index contributed by atoms with van der Waals surface area (Å²) in [5.41, 5.74) is 4.47. The molecule has 0 aliphatic carbocycles. The third kappa shape index (κ3) is 1.79. The van der Waals surface area contributed by atoms with Crippen LogP contribution in [0.3, 0.4) is 0 Å². The summed E-state index contributed by atoms with van der Waals surface area (Å²) < 4.78 is 0. The van der Waals surface area contributed by atoms with Crippen molar-refractivity contribution in [3.63, 3.8) is 0 Å². The van der Waals surface area contributed by atoms with E-state index in [4.69, 9.17) is 0 Å². The predicted octanol–water partition coefficient (Wildman–Crippen LogP) is 2.76. The number of hydrogen-bond donors (Lipinski definition) is 0. The van der Waals surface area contributed by atoms with Crippen LogP contribution < -0.4 is 0 Å². The summed E-state index contributed by atoms with van der Waals surface area (Å²) in [6.45, 7) is 4.00. The molecule has 0 bridgehead atoms. The van der Waals surface area contributed by atoms with Crippen molar-refractivity contribution in [2.24, 2.45) is 0 Å². The smallest absolute Gasteiger partial charge is 0.0378 e. The molecule has 0 radical (unpaired) electrons. The molecule has 2 heterocycles. The lowest BCUT2D eigenvalue weighted by molar-refractivity contribution is 1.19. The molecule has 0 amide bonds. The van der Waals surface area contributed by atoms with Crippen LogP contribution in [0.1, 0.15) is 11.4 Å². The molecule has 2 aromatic rings. The molecule has 2 nitrogen and oxygen atoms in total. The van der Waals surface area contributed by atoms with Crippen LogP contribution in [0.15, 0.2) is 36.7 Å². The second kappa shape index (κ2) is 3.58. The number of pyridine rings is 2. The van der Waals surface area contributed by atoms with Crippen LogP contribution in [-0.4, -0.2) is 9.97 Å². The van der Waals surface area contributed by atoms with E-state index in [9.17, 15) is 0 Å². The Morgan fingerprint density at radius 2 is 1.21 bits per heavy atom. The van der Waals surface area contributed by atoms with Crippen LogP contribution in [0.5, 0.6) is 0 Å². The molecule has 2 aromatic heterocycles. The lowest BCUT2D eigenvalue weighted by Gasteiger charge is -2.02. The fourth-order valence-electron chi connectivity index (χ4n) is 1.45. The van der Waals surface area contributed by atoms with Gasteiger partial charge in [0, 0.05) is 23.8 Å². The van der Waals surface area contributed by atoms with Gasteiger partial charge in [0.2, 0.25) is 0 Å². The molecule has 0 atom stereocenters. The zero-order valence-electron chi connectivity index (χ0n) is 8.36. The number of rotatable bonds is 1. The first-order chi connectivity index (χ1) is 6.75. The number of nitrogens with zero attached hydrogens (tertiary/aromatic N) is 2. The van der Waals surface area contributed by atoms with Gasteiger partial charge in [-0.25, -0.2) is 0 Å². The minimum Gasteiger partial charge on any atom is -0.262 e. The molecular formula is C12H12N2. The van der Waals surface area contributed by atoms with E-state index in [0.29, 0.717) is 0 Å². The van der Waals surface area contributed by atoms with Crippen LogP contribution in [0.2, 0.25) is 0 Å². The fourth-order valence-corrected chi connectivity index (χ4v) is 1.45. The molecule has 0 fully saturated rings. The van der Waals surface area contributed by atoms with Crippen LogP contribution >= 0.6 is 0 Å². The Morgan fingerprint density at radius 1 is 0.786 bits per heavy atom. The van der Waals surface area contributed by atoms with Crippen molar-refractivity contribution in [2.45, 2.75) is 13.8 Å². The molecule has 0 saturated heterocycles. The van der Waals surface area contributed by atoms with Crippen molar-refractivity contribution in [3.05, 3.63) is 48.0 Å². The lowest BCUT2D eigenvalue weighted by Crippen LogP contribution is -1.85. The van der Waals surface area contributed by atoms with Crippen LogP contribution in [0.25, 0.3) is 11.1 Å². The topological polar surface area (TPSA) is 25.8 Å².